The molecule has 2 N–H and O–H groups in total. The Morgan fingerprint density at radius 1 is 1.13 bits per heavy atom. The van der Waals surface area contributed by atoms with E-state index in [1.165, 1.54) is 6.92 Å². The number of ether oxygens (including phenoxy) is 1. The lowest BCUT2D eigenvalue weighted by Gasteiger charge is -2.20. The maximum atomic E-state index is 12.2. The summed E-state index contributed by atoms with van der Waals surface area (Å²) in [5.74, 6) is -0.851. The molecule has 0 bridgehead atoms. The third-order valence-corrected chi connectivity index (χ3v) is 4.59. The summed E-state index contributed by atoms with van der Waals surface area (Å²) in [4.78, 5) is 21.6. The molecule has 23 heavy (non-hydrogen) atoms. The van der Waals surface area contributed by atoms with Gasteiger partial charge in [0, 0.05) is 0 Å². The lowest BCUT2D eigenvalue weighted by atomic mass is 10.2. The molecule has 1 amide bonds. The second-order valence-electron chi connectivity index (χ2n) is 4.85. The Morgan fingerprint density at radius 3 is 2.30 bits per heavy atom. The van der Waals surface area contributed by atoms with Gasteiger partial charge in [-0.3, -0.25) is 0 Å². The largest absolute Gasteiger partial charge is 0.445 e. The quantitative estimate of drug-likeness (QED) is 0.789. The molecule has 122 valence electrons. The number of nitrogens with one attached hydrogen (secondary N) is 1. The van der Waals surface area contributed by atoms with E-state index in [0.717, 1.165) is 5.56 Å². The van der Waals surface area contributed by atoms with Crippen LogP contribution in [0.25, 0.3) is 0 Å². The third kappa shape index (κ3) is 5.43. The number of carbonyl (C=O) groups is 1. The predicted molar refractivity (Wildman–Crippen MR) is 86.1 cm³/mol. The summed E-state index contributed by atoms with van der Waals surface area (Å²) in [7, 11) is -4.07. The molecule has 0 aliphatic carbocycles. The van der Waals surface area contributed by atoms with Gasteiger partial charge in [-0.1, -0.05) is 48.5 Å². The molecule has 2 aromatic rings. The highest BCUT2D eigenvalue weighted by molar-refractivity contribution is 7.54. The van der Waals surface area contributed by atoms with Gasteiger partial charge < -0.3 is 19.5 Å². The van der Waals surface area contributed by atoms with Crippen molar-refractivity contribution in [2.75, 3.05) is 0 Å². The zero-order valence-electron chi connectivity index (χ0n) is 12.6. The third-order valence-electron chi connectivity index (χ3n) is 3.01. The van der Waals surface area contributed by atoms with Crippen LogP contribution < -0.4 is 9.84 Å². The van der Waals surface area contributed by atoms with E-state index in [9.17, 15) is 14.3 Å². The predicted octanol–water partition coefficient (Wildman–Crippen LogP) is 3.52. The van der Waals surface area contributed by atoms with E-state index in [4.69, 9.17) is 9.26 Å². The highest BCUT2D eigenvalue weighted by Gasteiger charge is 2.31. The van der Waals surface area contributed by atoms with Crippen LogP contribution in [0.15, 0.2) is 60.7 Å². The average molecular weight is 335 g/mol. The van der Waals surface area contributed by atoms with Gasteiger partial charge in [-0.15, -0.1) is 0 Å². The van der Waals surface area contributed by atoms with Gasteiger partial charge in [0.15, 0.2) is 0 Å². The SMILES string of the molecule is CC(NC(=O)OCc1ccccc1)P(=O)(O)Oc1ccccc1. The second kappa shape index (κ2) is 7.81. The van der Waals surface area contributed by atoms with Crippen LogP contribution in [-0.2, 0) is 15.9 Å². The van der Waals surface area contributed by atoms with Crippen LogP contribution >= 0.6 is 7.60 Å². The molecule has 0 spiro atoms. The van der Waals surface area contributed by atoms with Gasteiger partial charge in [0.05, 0.1) is 0 Å². The minimum Gasteiger partial charge on any atom is -0.445 e. The standard InChI is InChI=1S/C16H18NO5P/c1-13(23(19,20)22-15-10-6-3-7-11-15)17-16(18)21-12-14-8-4-2-5-9-14/h2-11,13H,12H2,1H3,(H,17,18)(H,19,20). The summed E-state index contributed by atoms with van der Waals surface area (Å²) >= 11 is 0. The van der Waals surface area contributed by atoms with Crippen molar-refractivity contribution in [3.63, 3.8) is 0 Å². The van der Waals surface area contributed by atoms with Crippen molar-refractivity contribution in [3.8, 4) is 5.75 Å². The highest BCUT2D eigenvalue weighted by Crippen LogP contribution is 2.46. The van der Waals surface area contributed by atoms with E-state index in [2.05, 4.69) is 5.32 Å². The van der Waals surface area contributed by atoms with Gasteiger partial charge in [0.25, 0.3) is 0 Å². The molecular formula is C16H18NO5P. The van der Waals surface area contributed by atoms with Crippen LogP contribution in [0.4, 0.5) is 4.79 Å². The summed E-state index contributed by atoms with van der Waals surface area (Å²) in [6.45, 7) is 1.46. The molecule has 0 heterocycles. The van der Waals surface area contributed by atoms with Crippen molar-refractivity contribution in [2.24, 2.45) is 0 Å². The van der Waals surface area contributed by atoms with Gasteiger partial charge in [-0.25, -0.2) is 9.36 Å². The van der Waals surface area contributed by atoms with Crippen molar-refractivity contribution in [2.45, 2.75) is 19.3 Å². The van der Waals surface area contributed by atoms with E-state index in [1.807, 2.05) is 30.3 Å². The van der Waals surface area contributed by atoms with Crippen molar-refractivity contribution < 1.29 is 23.5 Å². The van der Waals surface area contributed by atoms with E-state index < -0.39 is 19.5 Å². The van der Waals surface area contributed by atoms with E-state index in [1.54, 1.807) is 30.3 Å². The number of carbonyl (C=O) groups excluding carboxylic acids is 1. The molecule has 0 aliphatic rings. The number of para-hydroxylation sites is 1. The monoisotopic (exact) mass is 335 g/mol. The van der Waals surface area contributed by atoms with E-state index in [0.29, 0.717) is 0 Å². The molecule has 2 atom stereocenters. The van der Waals surface area contributed by atoms with Crippen LogP contribution in [0.2, 0.25) is 0 Å². The summed E-state index contributed by atoms with van der Waals surface area (Å²) in [5.41, 5.74) is 0.822. The number of hydrogen-bond acceptors (Lipinski definition) is 4. The molecule has 2 rings (SSSR count). The first-order valence-corrected chi connectivity index (χ1v) is 8.66. The molecule has 6 nitrogen and oxygen atoms in total. The number of benzene rings is 2. The normalized spacial score (nSPS) is 14.3. The molecule has 0 aliphatic heterocycles. The maximum absolute atomic E-state index is 12.2. The fraction of sp³-hybridized carbons (Fsp3) is 0.188. The summed E-state index contributed by atoms with van der Waals surface area (Å²) in [6.07, 6.45) is -0.785. The number of hydrogen-bond donors (Lipinski definition) is 2. The van der Waals surface area contributed by atoms with Gasteiger partial charge in [0.1, 0.15) is 18.1 Å². The molecule has 0 aromatic heterocycles. The van der Waals surface area contributed by atoms with Crippen LogP contribution in [0, 0.1) is 0 Å². The van der Waals surface area contributed by atoms with Crippen LogP contribution in [0.5, 0.6) is 5.75 Å². The molecule has 0 radical (unpaired) electrons. The first-order valence-electron chi connectivity index (χ1n) is 7.02. The number of rotatable bonds is 6. The molecule has 0 fully saturated rings. The Hall–Kier alpha value is -2.30. The van der Waals surface area contributed by atoms with Gasteiger partial charge >= 0.3 is 13.7 Å². The molecule has 2 aromatic carbocycles. The zero-order valence-corrected chi connectivity index (χ0v) is 13.5. The van der Waals surface area contributed by atoms with E-state index >= 15 is 0 Å². The molecule has 0 saturated heterocycles. The Morgan fingerprint density at radius 2 is 1.70 bits per heavy atom. The van der Waals surface area contributed by atoms with Crippen molar-refractivity contribution in [3.05, 3.63) is 66.2 Å². The Kier molecular flexibility index (Phi) is 5.79. The summed E-state index contributed by atoms with van der Waals surface area (Å²) in [6, 6.07) is 17.4. The Balaban J connectivity index is 1.86. The Bertz CT molecular complexity index is 677. The van der Waals surface area contributed by atoms with Crippen LogP contribution in [0.3, 0.4) is 0 Å². The minimum atomic E-state index is -4.07. The first-order chi connectivity index (χ1) is 11.0. The highest BCUT2D eigenvalue weighted by atomic mass is 31.2. The van der Waals surface area contributed by atoms with Crippen molar-refractivity contribution in [1.29, 1.82) is 0 Å². The van der Waals surface area contributed by atoms with Gasteiger partial charge in [-0.05, 0) is 24.6 Å². The van der Waals surface area contributed by atoms with Crippen molar-refractivity contribution >= 4 is 13.7 Å². The fourth-order valence-corrected chi connectivity index (χ4v) is 2.58. The lowest BCUT2D eigenvalue weighted by Crippen LogP contribution is -2.34. The average Bonchev–Trinajstić information content (AvgIpc) is 2.54. The van der Waals surface area contributed by atoms with E-state index in [-0.39, 0.29) is 12.4 Å². The topological polar surface area (TPSA) is 84.9 Å². The Labute approximate surface area is 134 Å². The number of alkyl carbamates (subject to hydrolysis) is 1. The smallest absolute Gasteiger partial charge is 0.408 e. The second-order valence-corrected chi connectivity index (χ2v) is 6.94. The lowest BCUT2D eigenvalue weighted by molar-refractivity contribution is 0.138. The first kappa shape index (κ1) is 17.1. The van der Waals surface area contributed by atoms with Gasteiger partial charge in [0.2, 0.25) is 0 Å². The van der Waals surface area contributed by atoms with Gasteiger partial charge in [-0.2, -0.15) is 0 Å². The summed E-state index contributed by atoms with van der Waals surface area (Å²) < 4.78 is 22.2. The van der Waals surface area contributed by atoms with Crippen LogP contribution in [0.1, 0.15) is 12.5 Å². The molecule has 7 heteroatoms. The molecular weight excluding hydrogens is 317 g/mol. The van der Waals surface area contributed by atoms with Crippen molar-refractivity contribution in [1.82, 2.24) is 5.32 Å². The maximum Gasteiger partial charge on any atom is 0.408 e. The summed E-state index contributed by atoms with van der Waals surface area (Å²) in [5, 5.41) is 2.31. The van der Waals surface area contributed by atoms with Crippen LogP contribution in [-0.4, -0.2) is 16.8 Å². The molecule has 0 saturated carbocycles. The minimum absolute atomic E-state index is 0.0780. The number of amides is 1. The fourth-order valence-electron chi connectivity index (χ4n) is 1.73. The zero-order chi connectivity index (χ0) is 16.7. The molecule has 2 unspecified atom stereocenters.